The van der Waals surface area contributed by atoms with Gasteiger partial charge in [0.25, 0.3) is 5.56 Å². The van der Waals surface area contributed by atoms with Crippen LogP contribution >= 0.6 is 15.9 Å². The zero-order chi connectivity index (χ0) is 13.8. The van der Waals surface area contributed by atoms with Gasteiger partial charge in [-0.3, -0.25) is 9.59 Å². The molecule has 1 N–H and O–H groups in total. The SMILES string of the molecule is O=C(Cn1cc(F)ccc1=O)Nc1ccc(Br)cc1. The maximum absolute atomic E-state index is 13.0. The quantitative estimate of drug-likeness (QED) is 0.942. The Hall–Kier alpha value is -1.95. The van der Waals surface area contributed by atoms with Crippen LogP contribution in [0.25, 0.3) is 0 Å². The fraction of sp³-hybridized carbons (Fsp3) is 0.0769. The topological polar surface area (TPSA) is 51.1 Å². The molecule has 0 aliphatic rings. The Balaban J connectivity index is 2.07. The van der Waals surface area contributed by atoms with E-state index in [4.69, 9.17) is 0 Å². The van der Waals surface area contributed by atoms with E-state index in [0.29, 0.717) is 5.69 Å². The summed E-state index contributed by atoms with van der Waals surface area (Å²) in [6, 6.07) is 9.15. The average Bonchev–Trinajstić information content (AvgIpc) is 2.37. The number of anilines is 1. The monoisotopic (exact) mass is 324 g/mol. The number of aromatic nitrogens is 1. The minimum Gasteiger partial charge on any atom is -0.325 e. The highest BCUT2D eigenvalue weighted by Crippen LogP contribution is 2.13. The molecule has 0 spiro atoms. The average molecular weight is 325 g/mol. The lowest BCUT2D eigenvalue weighted by molar-refractivity contribution is -0.116. The van der Waals surface area contributed by atoms with Gasteiger partial charge < -0.3 is 9.88 Å². The van der Waals surface area contributed by atoms with Crippen LogP contribution in [0.1, 0.15) is 0 Å². The number of amides is 1. The molecule has 0 radical (unpaired) electrons. The Labute approximate surface area is 117 Å². The molecule has 0 fully saturated rings. The first-order valence-corrected chi connectivity index (χ1v) is 6.25. The van der Waals surface area contributed by atoms with Crippen LogP contribution in [-0.4, -0.2) is 10.5 Å². The third kappa shape index (κ3) is 3.75. The van der Waals surface area contributed by atoms with Crippen molar-refractivity contribution >= 4 is 27.5 Å². The number of pyridine rings is 1. The van der Waals surface area contributed by atoms with Gasteiger partial charge in [-0.25, -0.2) is 4.39 Å². The lowest BCUT2D eigenvalue weighted by atomic mass is 10.3. The molecule has 0 saturated heterocycles. The molecule has 2 aromatic rings. The summed E-state index contributed by atoms with van der Waals surface area (Å²) in [5.41, 5.74) is 0.185. The zero-order valence-corrected chi connectivity index (χ0v) is 11.4. The van der Waals surface area contributed by atoms with Crippen LogP contribution in [0.4, 0.5) is 10.1 Å². The third-order valence-corrected chi connectivity index (χ3v) is 2.92. The minimum atomic E-state index is -0.559. The second kappa shape index (κ2) is 5.79. The first-order valence-electron chi connectivity index (χ1n) is 5.46. The van der Waals surface area contributed by atoms with Crippen LogP contribution in [0, 0.1) is 5.82 Å². The molecule has 6 heteroatoms. The normalized spacial score (nSPS) is 10.2. The second-order valence-electron chi connectivity index (χ2n) is 3.87. The van der Waals surface area contributed by atoms with Gasteiger partial charge in [0.1, 0.15) is 12.4 Å². The van der Waals surface area contributed by atoms with Gasteiger partial charge in [-0.15, -0.1) is 0 Å². The third-order valence-electron chi connectivity index (χ3n) is 2.39. The minimum absolute atomic E-state index is 0.230. The predicted molar refractivity (Wildman–Crippen MR) is 73.4 cm³/mol. The van der Waals surface area contributed by atoms with Gasteiger partial charge in [0.15, 0.2) is 0 Å². The molecular weight excluding hydrogens is 315 g/mol. The molecule has 1 amide bonds. The Bertz CT molecular complexity index is 652. The first-order chi connectivity index (χ1) is 9.04. The van der Waals surface area contributed by atoms with Gasteiger partial charge in [0.05, 0.1) is 0 Å². The molecule has 0 saturated carbocycles. The molecule has 0 unspecified atom stereocenters. The smallest absolute Gasteiger partial charge is 0.251 e. The summed E-state index contributed by atoms with van der Waals surface area (Å²) in [5.74, 6) is -0.953. The van der Waals surface area contributed by atoms with Crippen LogP contribution < -0.4 is 10.9 Å². The summed E-state index contributed by atoms with van der Waals surface area (Å²) in [6.07, 6.45) is 1.00. The molecule has 19 heavy (non-hydrogen) atoms. The summed E-state index contributed by atoms with van der Waals surface area (Å²) in [4.78, 5) is 23.1. The number of hydrogen-bond donors (Lipinski definition) is 1. The summed E-state index contributed by atoms with van der Waals surface area (Å²) >= 11 is 3.28. The van der Waals surface area contributed by atoms with Crippen LogP contribution in [0.5, 0.6) is 0 Å². The second-order valence-corrected chi connectivity index (χ2v) is 4.78. The van der Waals surface area contributed by atoms with Crippen molar-refractivity contribution in [1.82, 2.24) is 4.57 Å². The van der Waals surface area contributed by atoms with E-state index in [1.54, 1.807) is 24.3 Å². The van der Waals surface area contributed by atoms with Crippen molar-refractivity contribution in [2.45, 2.75) is 6.54 Å². The number of halogens is 2. The number of rotatable bonds is 3. The van der Waals surface area contributed by atoms with Crippen LogP contribution in [-0.2, 0) is 11.3 Å². The molecule has 0 bridgehead atoms. The van der Waals surface area contributed by atoms with E-state index in [1.165, 1.54) is 0 Å². The molecule has 0 aliphatic heterocycles. The fourth-order valence-electron chi connectivity index (χ4n) is 1.51. The summed E-state index contributed by atoms with van der Waals surface area (Å²) in [7, 11) is 0. The molecule has 4 nitrogen and oxygen atoms in total. The van der Waals surface area contributed by atoms with Gasteiger partial charge in [-0.1, -0.05) is 15.9 Å². The van der Waals surface area contributed by atoms with E-state index < -0.39 is 17.3 Å². The molecular formula is C13H10BrFN2O2. The fourth-order valence-corrected chi connectivity index (χ4v) is 1.78. The van der Waals surface area contributed by atoms with Gasteiger partial charge >= 0.3 is 0 Å². The predicted octanol–water partition coefficient (Wildman–Crippen LogP) is 2.39. The zero-order valence-electron chi connectivity index (χ0n) is 9.77. The van der Waals surface area contributed by atoms with Gasteiger partial charge in [0.2, 0.25) is 5.91 Å². The molecule has 1 aromatic heterocycles. The largest absolute Gasteiger partial charge is 0.325 e. The van der Waals surface area contributed by atoms with Crippen molar-refractivity contribution in [3.8, 4) is 0 Å². The van der Waals surface area contributed by atoms with Crippen molar-refractivity contribution in [1.29, 1.82) is 0 Å². The molecule has 98 valence electrons. The van der Waals surface area contributed by atoms with E-state index in [1.807, 2.05) is 0 Å². The van der Waals surface area contributed by atoms with Gasteiger partial charge in [-0.2, -0.15) is 0 Å². The lowest BCUT2D eigenvalue weighted by Gasteiger charge is -2.07. The highest BCUT2D eigenvalue weighted by atomic mass is 79.9. The Morgan fingerprint density at radius 1 is 1.21 bits per heavy atom. The highest BCUT2D eigenvalue weighted by Gasteiger charge is 2.06. The van der Waals surface area contributed by atoms with E-state index in [-0.39, 0.29) is 6.54 Å². The molecule has 1 heterocycles. The number of carbonyl (C=O) groups excluding carboxylic acids is 1. The van der Waals surface area contributed by atoms with Crippen molar-refractivity contribution in [3.05, 3.63) is 63.2 Å². The van der Waals surface area contributed by atoms with Crippen molar-refractivity contribution in [2.75, 3.05) is 5.32 Å². The van der Waals surface area contributed by atoms with E-state index in [2.05, 4.69) is 21.2 Å². The van der Waals surface area contributed by atoms with E-state index in [0.717, 1.165) is 27.4 Å². The number of hydrogen-bond acceptors (Lipinski definition) is 2. The maximum Gasteiger partial charge on any atom is 0.251 e. The molecule has 0 aliphatic carbocycles. The van der Waals surface area contributed by atoms with Gasteiger partial charge in [-0.05, 0) is 30.3 Å². The Morgan fingerprint density at radius 2 is 1.89 bits per heavy atom. The lowest BCUT2D eigenvalue weighted by Crippen LogP contribution is -2.27. The summed E-state index contributed by atoms with van der Waals surface area (Å²) < 4.78 is 14.9. The van der Waals surface area contributed by atoms with Crippen LogP contribution in [0.15, 0.2) is 51.9 Å². The standard InChI is InChI=1S/C13H10BrFN2O2/c14-9-1-4-11(5-2-9)16-12(18)8-17-7-10(15)3-6-13(17)19/h1-7H,8H2,(H,16,18). The van der Waals surface area contributed by atoms with Crippen LogP contribution in [0.3, 0.4) is 0 Å². The molecule has 2 rings (SSSR count). The van der Waals surface area contributed by atoms with Crippen molar-refractivity contribution in [2.24, 2.45) is 0 Å². The molecule has 1 aromatic carbocycles. The summed E-state index contributed by atoms with van der Waals surface area (Å²) in [5, 5.41) is 2.62. The number of carbonyl (C=O) groups is 1. The van der Waals surface area contributed by atoms with E-state index in [9.17, 15) is 14.0 Å². The van der Waals surface area contributed by atoms with Gasteiger partial charge in [0, 0.05) is 22.4 Å². The summed E-state index contributed by atoms with van der Waals surface area (Å²) in [6.45, 7) is -0.230. The highest BCUT2D eigenvalue weighted by molar-refractivity contribution is 9.10. The number of nitrogens with zero attached hydrogens (tertiary/aromatic N) is 1. The maximum atomic E-state index is 13.0. The Morgan fingerprint density at radius 3 is 2.58 bits per heavy atom. The first kappa shape index (κ1) is 13.5. The number of benzene rings is 1. The molecule has 0 atom stereocenters. The van der Waals surface area contributed by atoms with E-state index >= 15 is 0 Å². The van der Waals surface area contributed by atoms with Crippen LogP contribution in [0.2, 0.25) is 0 Å². The number of nitrogens with one attached hydrogen (secondary N) is 1. The Kier molecular flexibility index (Phi) is 4.11. The van der Waals surface area contributed by atoms with Crippen molar-refractivity contribution < 1.29 is 9.18 Å². The van der Waals surface area contributed by atoms with Crippen molar-refractivity contribution in [3.63, 3.8) is 0 Å².